The zero-order valence-electron chi connectivity index (χ0n) is 20.9. The molecule has 0 saturated heterocycles. The molecule has 1 nitrogen and oxygen atoms in total. The fourth-order valence-electron chi connectivity index (χ4n) is 4.65. The van der Waals surface area contributed by atoms with Crippen molar-refractivity contribution < 1.29 is 4.48 Å². The number of nitrogens with zero attached hydrogens (tertiary/aromatic N) is 1. The quantitative estimate of drug-likeness (QED) is 0.126. The SMILES string of the molecule is CCCCCCCCC(CCCCCCCC)[N+](C)(C)CCCCCCCC. The molecular weight excluding hydrogens is 338 g/mol. The van der Waals surface area contributed by atoms with Crippen molar-refractivity contribution in [1.82, 2.24) is 0 Å². The van der Waals surface area contributed by atoms with Crippen LogP contribution in [0.2, 0.25) is 0 Å². The summed E-state index contributed by atoms with van der Waals surface area (Å²) in [5.74, 6) is 0. The lowest BCUT2D eigenvalue weighted by molar-refractivity contribution is -0.916. The minimum atomic E-state index is 0.896. The zero-order valence-corrected chi connectivity index (χ0v) is 20.9. The van der Waals surface area contributed by atoms with E-state index in [0.29, 0.717) is 0 Å². The van der Waals surface area contributed by atoms with Gasteiger partial charge in [-0.05, 0) is 38.5 Å². The fourth-order valence-corrected chi connectivity index (χ4v) is 4.65. The van der Waals surface area contributed by atoms with E-state index >= 15 is 0 Å². The van der Waals surface area contributed by atoms with Gasteiger partial charge in [-0.1, -0.05) is 111 Å². The minimum Gasteiger partial charge on any atom is -0.326 e. The van der Waals surface area contributed by atoms with Gasteiger partial charge in [-0.3, -0.25) is 0 Å². The molecule has 1 heteroatoms. The fraction of sp³-hybridized carbons (Fsp3) is 1.00. The summed E-state index contributed by atoms with van der Waals surface area (Å²) < 4.78 is 1.28. The molecule has 0 radical (unpaired) electrons. The maximum absolute atomic E-state index is 2.53. The van der Waals surface area contributed by atoms with Crippen LogP contribution in [0, 0.1) is 0 Å². The molecule has 0 unspecified atom stereocenters. The maximum atomic E-state index is 2.53. The Labute approximate surface area is 180 Å². The molecule has 0 fully saturated rings. The third-order valence-corrected chi connectivity index (χ3v) is 6.86. The summed E-state index contributed by atoms with van der Waals surface area (Å²) in [4.78, 5) is 0. The molecule has 0 aromatic heterocycles. The molecule has 0 N–H and O–H groups in total. The third kappa shape index (κ3) is 16.9. The van der Waals surface area contributed by atoms with Gasteiger partial charge >= 0.3 is 0 Å². The number of quaternary nitrogens is 1. The van der Waals surface area contributed by atoms with Crippen LogP contribution in [0.4, 0.5) is 0 Å². The largest absolute Gasteiger partial charge is 0.326 e. The maximum Gasteiger partial charge on any atom is 0.0886 e. The number of rotatable bonds is 22. The lowest BCUT2D eigenvalue weighted by atomic mass is 9.97. The van der Waals surface area contributed by atoms with Crippen LogP contribution in [-0.2, 0) is 0 Å². The number of hydrogen-bond donors (Lipinski definition) is 0. The second-order valence-corrected chi connectivity index (χ2v) is 10.0. The molecule has 0 bridgehead atoms. The van der Waals surface area contributed by atoms with E-state index in [1.165, 1.54) is 139 Å². The van der Waals surface area contributed by atoms with Crippen molar-refractivity contribution in [3.63, 3.8) is 0 Å². The molecular formula is C27H58N+. The highest BCUT2D eigenvalue weighted by Crippen LogP contribution is 2.23. The van der Waals surface area contributed by atoms with Gasteiger partial charge in [0.15, 0.2) is 0 Å². The van der Waals surface area contributed by atoms with Crippen LogP contribution in [-0.4, -0.2) is 31.2 Å². The van der Waals surface area contributed by atoms with Gasteiger partial charge in [0, 0.05) is 0 Å². The minimum absolute atomic E-state index is 0.896. The van der Waals surface area contributed by atoms with Gasteiger partial charge in [-0.15, -0.1) is 0 Å². The van der Waals surface area contributed by atoms with E-state index in [1.54, 1.807) is 0 Å². The lowest BCUT2D eigenvalue weighted by Crippen LogP contribution is -2.49. The van der Waals surface area contributed by atoms with Gasteiger partial charge in [0.25, 0.3) is 0 Å². The Kier molecular flexibility index (Phi) is 20.2. The van der Waals surface area contributed by atoms with E-state index < -0.39 is 0 Å². The van der Waals surface area contributed by atoms with Crippen molar-refractivity contribution in [2.24, 2.45) is 0 Å². The molecule has 0 spiro atoms. The molecule has 0 rings (SSSR count). The van der Waals surface area contributed by atoms with E-state index in [-0.39, 0.29) is 0 Å². The van der Waals surface area contributed by atoms with Crippen LogP contribution in [0.5, 0.6) is 0 Å². The molecule has 0 aromatic carbocycles. The Hall–Kier alpha value is -0.0400. The van der Waals surface area contributed by atoms with E-state index in [9.17, 15) is 0 Å². The highest BCUT2D eigenvalue weighted by Gasteiger charge is 2.26. The van der Waals surface area contributed by atoms with Crippen LogP contribution in [0.1, 0.15) is 149 Å². The van der Waals surface area contributed by atoms with Gasteiger partial charge in [0.1, 0.15) is 0 Å². The molecule has 0 aliphatic heterocycles. The van der Waals surface area contributed by atoms with E-state index in [2.05, 4.69) is 34.9 Å². The highest BCUT2D eigenvalue weighted by atomic mass is 15.3. The number of unbranched alkanes of at least 4 members (excludes halogenated alkanes) is 15. The summed E-state index contributed by atoms with van der Waals surface area (Å²) in [6.45, 7) is 8.34. The summed E-state index contributed by atoms with van der Waals surface area (Å²) in [5, 5.41) is 0. The van der Waals surface area contributed by atoms with Crippen molar-refractivity contribution >= 4 is 0 Å². The van der Waals surface area contributed by atoms with Crippen molar-refractivity contribution in [3.8, 4) is 0 Å². The predicted molar refractivity (Wildman–Crippen MR) is 130 cm³/mol. The van der Waals surface area contributed by atoms with Crippen molar-refractivity contribution in [2.45, 2.75) is 155 Å². The second-order valence-electron chi connectivity index (χ2n) is 10.0. The Morgan fingerprint density at radius 1 is 0.429 bits per heavy atom. The Morgan fingerprint density at radius 2 is 0.750 bits per heavy atom. The van der Waals surface area contributed by atoms with Crippen LogP contribution in [0.25, 0.3) is 0 Å². The standard InChI is InChI=1S/C27H58N/c1-6-9-12-15-18-21-24-27(25-22-19-16-13-10-7-2)28(4,5)26-23-20-17-14-11-8-3/h27H,6-26H2,1-5H3/q+1. The highest BCUT2D eigenvalue weighted by molar-refractivity contribution is 4.62. The first-order valence-corrected chi connectivity index (χ1v) is 13.4. The Bertz CT molecular complexity index is 281. The van der Waals surface area contributed by atoms with Crippen LogP contribution < -0.4 is 0 Å². The summed E-state index contributed by atoms with van der Waals surface area (Å²) >= 11 is 0. The third-order valence-electron chi connectivity index (χ3n) is 6.86. The molecule has 0 aliphatic carbocycles. The van der Waals surface area contributed by atoms with Crippen LogP contribution >= 0.6 is 0 Å². The topological polar surface area (TPSA) is 0 Å². The Balaban J connectivity index is 4.24. The molecule has 0 aliphatic rings. The van der Waals surface area contributed by atoms with E-state index in [4.69, 9.17) is 0 Å². The predicted octanol–water partition coefficient (Wildman–Crippen LogP) is 9.29. The average Bonchev–Trinajstić information content (AvgIpc) is 2.68. The van der Waals surface area contributed by atoms with Crippen molar-refractivity contribution in [1.29, 1.82) is 0 Å². The summed E-state index contributed by atoms with van der Waals surface area (Å²) in [6.07, 6.45) is 28.8. The molecule has 0 heterocycles. The molecule has 0 atom stereocenters. The monoisotopic (exact) mass is 396 g/mol. The van der Waals surface area contributed by atoms with Gasteiger partial charge in [-0.25, -0.2) is 0 Å². The Morgan fingerprint density at radius 3 is 1.14 bits per heavy atom. The van der Waals surface area contributed by atoms with E-state index in [1.807, 2.05) is 0 Å². The zero-order chi connectivity index (χ0) is 20.9. The summed E-state index contributed by atoms with van der Waals surface area (Å²) in [5.41, 5.74) is 0. The average molecular weight is 397 g/mol. The van der Waals surface area contributed by atoms with Gasteiger partial charge in [0.2, 0.25) is 0 Å². The molecule has 170 valence electrons. The second kappa shape index (κ2) is 20.2. The van der Waals surface area contributed by atoms with Gasteiger partial charge in [-0.2, -0.15) is 0 Å². The summed E-state index contributed by atoms with van der Waals surface area (Å²) in [6, 6.07) is 0.896. The smallest absolute Gasteiger partial charge is 0.0886 e. The first-order chi connectivity index (χ1) is 13.6. The first kappa shape index (κ1) is 28.0. The van der Waals surface area contributed by atoms with Crippen LogP contribution in [0.15, 0.2) is 0 Å². The van der Waals surface area contributed by atoms with Gasteiger partial charge in [0.05, 0.1) is 26.7 Å². The molecule has 0 aromatic rings. The van der Waals surface area contributed by atoms with E-state index in [0.717, 1.165) is 6.04 Å². The van der Waals surface area contributed by atoms with Crippen molar-refractivity contribution in [3.05, 3.63) is 0 Å². The normalized spacial score (nSPS) is 12.2. The summed E-state index contributed by atoms with van der Waals surface area (Å²) in [7, 11) is 5.07. The van der Waals surface area contributed by atoms with Crippen LogP contribution in [0.3, 0.4) is 0 Å². The molecule has 28 heavy (non-hydrogen) atoms. The molecule has 0 saturated carbocycles. The lowest BCUT2D eigenvalue weighted by Gasteiger charge is -2.39. The first-order valence-electron chi connectivity index (χ1n) is 13.4. The van der Waals surface area contributed by atoms with Gasteiger partial charge < -0.3 is 4.48 Å². The van der Waals surface area contributed by atoms with Crippen molar-refractivity contribution in [2.75, 3.05) is 20.6 Å². The number of hydrogen-bond acceptors (Lipinski definition) is 0. The molecule has 0 amide bonds.